The van der Waals surface area contributed by atoms with Gasteiger partial charge in [-0.25, -0.2) is 13.8 Å². The second-order valence-corrected chi connectivity index (χ2v) is 4.00. The molecule has 0 fully saturated rings. The number of rotatable bonds is 4. The lowest BCUT2D eigenvalue weighted by Crippen LogP contribution is -2.11. The molecule has 0 bridgehead atoms. The second kappa shape index (κ2) is 5.27. The Balaban J connectivity index is 2.21. The molecule has 0 aliphatic rings. The maximum absolute atomic E-state index is 13.5. The summed E-state index contributed by atoms with van der Waals surface area (Å²) in [7, 11) is 0. The lowest BCUT2D eigenvalue weighted by Gasteiger charge is -2.12. The van der Waals surface area contributed by atoms with Gasteiger partial charge in [0.25, 0.3) is 0 Å². The molecule has 2 rings (SSSR count). The van der Waals surface area contributed by atoms with Crippen molar-refractivity contribution in [1.82, 2.24) is 9.55 Å². The normalized spacial score (nSPS) is 12.7. The topological polar surface area (TPSA) is 38.0 Å². The number of aryl methyl sites for hydroxylation is 1. The van der Waals surface area contributed by atoms with Crippen molar-refractivity contribution in [2.45, 2.75) is 26.0 Å². The summed E-state index contributed by atoms with van der Waals surface area (Å²) < 4.78 is 28.3. The predicted octanol–water partition coefficient (Wildman–Crippen LogP) is 2.46. The summed E-state index contributed by atoms with van der Waals surface area (Å²) in [5, 5.41) is 10.0. The molecule has 0 aliphatic heterocycles. The van der Waals surface area contributed by atoms with Gasteiger partial charge in [0.15, 0.2) is 11.6 Å². The van der Waals surface area contributed by atoms with E-state index >= 15 is 0 Å². The molecule has 1 unspecified atom stereocenters. The van der Waals surface area contributed by atoms with Crippen molar-refractivity contribution >= 4 is 0 Å². The van der Waals surface area contributed by atoms with Crippen molar-refractivity contribution in [2.75, 3.05) is 0 Å². The molecule has 3 nitrogen and oxygen atoms in total. The van der Waals surface area contributed by atoms with E-state index in [1.54, 1.807) is 17.0 Å². The Labute approximate surface area is 104 Å². The Bertz CT molecular complexity index is 540. The smallest absolute Gasteiger partial charge is 0.162 e. The average Bonchev–Trinajstić information content (AvgIpc) is 2.83. The third-order valence-corrected chi connectivity index (χ3v) is 2.83. The van der Waals surface area contributed by atoms with Gasteiger partial charge in [-0.15, -0.1) is 0 Å². The Morgan fingerprint density at radius 2 is 2.17 bits per heavy atom. The van der Waals surface area contributed by atoms with Crippen molar-refractivity contribution in [3.8, 4) is 0 Å². The fourth-order valence-electron chi connectivity index (χ4n) is 1.89. The highest BCUT2D eigenvalue weighted by Crippen LogP contribution is 2.20. The van der Waals surface area contributed by atoms with Crippen LogP contribution >= 0.6 is 0 Å². The SMILES string of the molecule is CCn1ccnc1C(O)Cc1cccc(F)c1F. The standard InChI is InChI=1S/C13H14F2N2O/c1-2-17-7-6-16-13(17)11(18)8-9-4-3-5-10(14)12(9)15/h3-7,11,18H,2,8H2,1H3. The summed E-state index contributed by atoms with van der Waals surface area (Å²) in [4.78, 5) is 4.03. The van der Waals surface area contributed by atoms with Gasteiger partial charge in [0.1, 0.15) is 11.9 Å². The van der Waals surface area contributed by atoms with E-state index in [4.69, 9.17) is 0 Å². The van der Waals surface area contributed by atoms with Gasteiger partial charge in [0.05, 0.1) is 0 Å². The Kier molecular flexibility index (Phi) is 3.72. The Morgan fingerprint density at radius 1 is 1.39 bits per heavy atom. The fraction of sp³-hybridized carbons (Fsp3) is 0.308. The molecule has 18 heavy (non-hydrogen) atoms. The molecule has 1 heterocycles. The molecule has 1 N–H and O–H groups in total. The van der Waals surface area contributed by atoms with Crippen molar-refractivity contribution < 1.29 is 13.9 Å². The summed E-state index contributed by atoms with van der Waals surface area (Å²) in [6.45, 7) is 2.58. The van der Waals surface area contributed by atoms with Gasteiger partial charge >= 0.3 is 0 Å². The highest BCUT2D eigenvalue weighted by Gasteiger charge is 2.17. The van der Waals surface area contributed by atoms with E-state index in [1.165, 1.54) is 12.1 Å². The first kappa shape index (κ1) is 12.7. The quantitative estimate of drug-likeness (QED) is 0.907. The van der Waals surface area contributed by atoms with Crippen LogP contribution in [0.2, 0.25) is 0 Å². The van der Waals surface area contributed by atoms with Crippen LogP contribution in [0.4, 0.5) is 8.78 Å². The minimum absolute atomic E-state index is 0.000602. The molecular weight excluding hydrogens is 238 g/mol. The van der Waals surface area contributed by atoms with Gasteiger partial charge in [0, 0.05) is 25.4 Å². The number of imidazole rings is 1. The molecule has 2 aromatic rings. The monoisotopic (exact) mass is 252 g/mol. The first-order valence-corrected chi connectivity index (χ1v) is 5.75. The van der Waals surface area contributed by atoms with Crippen LogP contribution in [0.5, 0.6) is 0 Å². The molecule has 1 aromatic heterocycles. The first-order chi connectivity index (χ1) is 8.63. The maximum Gasteiger partial charge on any atom is 0.162 e. The maximum atomic E-state index is 13.5. The largest absolute Gasteiger partial charge is 0.385 e. The summed E-state index contributed by atoms with van der Waals surface area (Å²) in [6, 6.07) is 3.94. The first-order valence-electron chi connectivity index (χ1n) is 5.75. The van der Waals surface area contributed by atoms with E-state index in [9.17, 15) is 13.9 Å². The highest BCUT2D eigenvalue weighted by molar-refractivity contribution is 5.20. The summed E-state index contributed by atoms with van der Waals surface area (Å²) in [6.07, 6.45) is 2.36. The number of benzene rings is 1. The van der Waals surface area contributed by atoms with Crippen LogP contribution < -0.4 is 0 Å². The van der Waals surface area contributed by atoms with Gasteiger partial charge in [-0.2, -0.15) is 0 Å². The van der Waals surface area contributed by atoms with Crippen LogP contribution in [-0.4, -0.2) is 14.7 Å². The number of hydrogen-bond donors (Lipinski definition) is 1. The minimum atomic E-state index is -0.948. The molecule has 0 saturated carbocycles. The van der Waals surface area contributed by atoms with Crippen LogP contribution in [-0.2, 0) is 13.0 Å². The van der Waals surface area contributed by atoms with E-state index in [1.807, 2.05) is 6.92 Å². The van der Waals surface area contributed by atoms with Crippen molar-refractivity contribution in [2.24, 2.45) is 0 Å². The Hall–Kier alpha value is -1.75. The summed E-state index contributed by atoms with van der Waals surface area (Å²) in [5.74, 6) is -1.36. The van der Waals surface area contributed by atoms with Crippen LogP contribution in [0.15, 0.2) is 30.6 Å². The average molecular weight is 252 g/mol. The van der Waals surface area contributed by atoms with Crippen LogP contribution in [0, 0.1) is 11.6 Å². The zero-order valence-corrected chi connectivity index (χ0v) is 9.98. The predicted molar refractivity (Wildman–Crippen MR) is 62.9 cm³/mol. The molecule has 0 saturated heterocycles. The van der Waals surface area contributed by atoms with Crippen LogP contribution in [0.1, 0.15) is 24.4 Å². The lowest BCUT2D eigenvalue weighted by molar-refractivity contribution is 0.162. The van der Waals surface area contributed by atoms with Crippen molar-refractivity contribution in [1.29, 1.82) is 0 Å². The molecule has 0 spiro atoms. The van der Waals surface area contributed by atoms with E-state index in [2.05, 4.69) is 4.98 Å². The van der Waals surface area contributed by atoms with E-state index in [-0.39, 0.29) is 12.0 Å². The number of aromatic nitrogens is 2. The number of nitrogens with zero attached hydrogens (tertiary/aromatic N) is 2. The zero-order chi connectivity index (χ0) is 13.1. The summed E-state index contributed by atoms with van der Waals surface area (Å²) >= 11 is 0. The molecule has 0 radical (unpaired) electrons. The molecular formula is C13H14F2N2O. The number of aliphatic hydroxyl groups excluding tert-OH is 1. The van der Waals surface area contributed by atoms with E-state index < -0.39 is 17.7 Å². The van der Waals surface area contributed by atoms with Gasteiger partial charge in [0.2, 0.25) is 0 Å². The van der Waals surface area contributed by atoms with Crippen molar-refractivity contribution in [3.63, 3.8) is 0 Å². The molecule has 96 valence electrons. The number of aliphatic hydroxyl groups is 1. The molecule has 5 heteroatoms. The number of hydrogen-bond acceptors (Lipinski definition) is 2. The number of halogens is 2. The fourth-order valence-corrected chi connectivity index (χ4v) is 1.89. The summed E-state index contributed by atoms with van der Waals surface area (Å²) in [5.41, 5.74) is 0.146. The Morgan fingerprint density at radius 3 is 2.89 bits per heavy atom. The van der Waals surface area contributed by atoms with Gasteiger partial charge in [-0.3, -0.25) is 0 Å². The third kappa shape index (κ3) is 2.41. The highest BCUT2D eigenvalue weighted by atomic mass is 19.2. The van der Waals surface area contributed by atoms with Gasteiger partial charge in [-0.05, 0) is 18.6 Å². The zero-order valence-electron chi connectivity index (χ0n) is 9.98. The van der Waals surface area contributed by atoms with Gasteiger partial charge in [-0.1, -0.05) is 12.1 Å². The van der Waals surface area contributed by atoms with Gasteiger partial charge < -0.3 is 9.67 Å². The third-order valence-electron chi connectivity index (χ3n) is 2.83. The lowest BCUT2D eigenvalue weighted by atomic mass is 10.1. The minimum Gasteiger partial charge on any atom is -0.385 e. The van der Waals surface area contributed by atoms with Crippen LogP contribution in [0.25, 0.3) is 0 Å². The van der Waals surface area contributed by atoms with E-state index in [0.29, 0.717) is 12.4 Å². The van der Waals surface area contributed by atoms with Crippen molar-refractivity contribution in [3.05, 3.63) is 53.6 Å². The molecule has 1 aromatic carbocycles. The molecule has 1 atom stereocenters. The molecule has 0 aliphatic carbocycles. The second-order valence-electron chi connectivity index (χ2n) is 4.00. The van der Waals surface area contributed by atoms with E-state index in [0.717, 1.165) is 6.07 Å². The van der Waals surface area contributed by atoms with Crippen LogP contribution in [0.3, 0.4) is 0 Å². The molecule has 0 amide bonds.